The molecule has 7 nitrogen and oxygen atoms in total. The molecule has 0 bridgehead atoms. The van der Waals surface area contributed by atoms with Gasteiger partial charge in [-0.15, -0.1) is 0 Å². The Morgan fingerprint density at radius 2 is 2.12 bits per heavy atom. The van der Waals surface area contributed by atoms with Gasteiger partial charge < -0.3 is 14.4 Å². The number of carbonyl (C=O) groups excluding carboxylic acids is 2. The van der Waals surface area contributed by atoms with Crippen LogP contribution < -0.4 is 0 Å². The van der Waals surface area contributed by atoms with Crippen molar-refractivity contribution in [1.29, 1.82) is 0 Å². The maximum absolute atomic E-state index is 12.7. The fourth-order valence-electron chi connectivity index (χ4n) is 6.17. The van der Waals surface area contributed by atoms with E-state index in [4.69, 9.17) is 9.47 Å². The van der Waals surface area contributed by atoms with E-state index in [2.05, 4.69) is 22.1 Å². The summed E-state index contributed by atoms with van der Waals surface area (Å²) in [5.74, 6) is 0.177. The standard InChI is InChI=1S/C27H31N3O4/c1-3-33-27(32)30-13-5-7-21-22(25-17(2)34-26(31)23(25)14-24(21)30)11-10-20-9-8-19(16-29-20)18-6-4-12-28-15-18/h4,6,8-12,15-17,21-25H,3,5,7,13-14H2,1-2H3/b11-10+/t17-,21+,22+,23-,24+,25+/m1/s1. The largest absolute Gasteiger partial charge is 0.462 e. The first-order valence-corrected chi connectivity index (χ1v) is 12.3. The van der Waals surface area contributed by atoms with Crippen molar-refractivity contribution < 1.29 is 19.1 Å². The van der Waals surface area contributed by atoms with Crippen molar-refractivity contribution in [2.45, 2.75) is 45.3 Å². The van der Waals surface area contributed by atoms with E-state index >= 15 is 0 Å². The molecule has 0 N–H and O–H groups in total. The van der Waals surface area contributed by atoms with Crippen molar-refractivity contribution in [3.05, 3.63) is 54.6 Å². The molecule has 2 aromatic rings. The SMILES string of the molecule is CCOC(=O)N1CCC[C@H]2[C@H](/C=C/c3ccc(-c4cccnc4)cn3)[C@@H]3[C@@H](C)OC(=O)[C@@H]3C[C@@H]21. The summed E-state index contributed by atoms with van der Waals surface area (Å²) in [5, 5.41) is 0. The Balaban J connectivity index is 1.41. The number of piperidine rings is 1. The Morgan fingerprint density at radius 3 is 2.85 bits per heavy atom. The van der Waals surface area contributed by atoms with Gasteiger partial charge in [0.15, 0.2) is 0 Å². The molecule has 5 rings (SSSR count). The molecule has 3 fully saturated rings. The van der Waals surface area contributed by atoms with Gasteiger partial charge in [-0.25, -0.2) is 4.79 Å². The van der Waals surface area contributed by atoms with Gasteiger partial charge in [0.1, 0.15) is 6.10 Å². The van der Waals surface area contributed by atoms with Crippen molar-refractivity contribution >= 4 is 18.1 Å². The minimum atomic E-state index is -0.273. The second kappa shape index (κ2) is 9.57. The molecule has 3 aliphatic rings. The molecule has 0 radical (unpaired) electrons. The average molecular weight is 462 g/mol. The minimum Gasteiger partial charge on any atom is -0.462 e. The number of rotatable bonds is 4. The predicted molar refractivity (Wildman–Crippen MR) is 127 cm³/mol. The van der Waals surface area contributed by atoms with Gasteiger partial charge in [-0.05, 0) is 63.2 Å². The van der Waals surface area contributed by atoms with Crippen LogP contribution in [0, 0.1) is 23.7 Å². The van der Waals surface area contributed by atoms with Crippen LogP contribution in [0.25, 0.3) is 17.2 Å². The average Bonchev–Trinajstić information content (AvgIpc) is 3.15. The summed E-state index contributed by atoms with van der Waals surface area (Å²) in [7, 11) is 0. The lowest BCUT2D eigenvalue weighted by atomic mass is 9.61. The lowest BCUT2D eigenvalue weighted by Crippen LogP contribution is -2.56. The monoisotopic (exact) mass is 461 g/mol. The third-order valence-electron chi connectivity index (χ3n) is 7.65. The number of aromatic nitrogens is 2. The number of nitrogens with zero attached hydrogens (tertiary/aromatic N) is 3. The van der Waals surface area contributed by atoms with Crippen LogP contribution in [0.1, 0.15) is 38.8 Å². The molecule has 1 saturated carbocycles. The summed E-state index contributed by atoms with van der Waals surface area (Å²) < 4.78 is 11.0. The van der Waals surface area contributed by atoms with Crippen LogP contribution in [-0.4, -0.2) is 52.2 Å². The molecule has 7 heteroatoms. The smallest absolute Gasteiger partial charge is 0.410 e. The number of cyclic esters (lactones) is 1. The highest BCUT2D eigenvalue weighted by Crippen LogP contribution is 2.51. The van der Waals surface area contributed by atoms with Crippen LogP contribution in [-0.2, 0) is 14.3 Å². The Morgan fingerprint density at radius 1 is 1.26 bits per heavy atom. The third-order valence-corrected chi connectivity index (χ3v) is 7.65. The number of hydrogen-bond donors (Lipinski definition) is 0. The fourth-order valence-corrected chi connectivity index (χ4v) is 6.17. The molecule has 178 valence electrons. The van der Waals surface area contributed by atoms with Crippen molar-refractivity contribution in [1.82, 2.24) is 14.9 Å². The van der Waals surface area contributed by atoms with Crippen LogP contribution in [0.15, 0.2) is 48.9 Å². The zero-order valence-corrected chi connectivity index (χ0v) is 19.7. The summed E-state index contributed by atoms with van der Waals surface area (Å²) in [6.45, 7) is 4.85. The van der Waals surface area contributed by atoms with Crippen molar-refractivity contribution in [3.8, 4) is 11.1 Å². The highest BCUT2D eigenvalue weighted by Gasteiger charge is 2.56. The van der Waals surface area contributed by atoms with Gasteiger partial charge in [-0.1, -0.05) is 18.2 Å². The van der Waals surface area contributed by atoms with Crippen LogP contribution >= 0.6 is 0 Å². The van der Waals surface area contributed by atoms with Gasteiger partial charge in [-0.3, -0.25) is 14.8 Å². The molecule has 34 heavy (non-hydrogen) atoms. The number of fused-ring (bicyclic) bond motifs is 2. The van der Waals surface area contributed by atoms with E-state index < -0.39 is 0 Å². The Labute approximate surface area is 200 Å². The molecule has 0 aromatic carbocycles. The summed E-state index contributed by atoms with van der Waals surface area (Å²) in [6, 6.07) is 7.96. The van der Waals surface area contributed by atoms with Gasteiger partial charge >= 0.3 is 12.1 Å². The van der Waals surface area contributed by atoms with Crippen LogP contribution in [0.4, 0.5) is 4.79 Å². The number of carbonyl (C=O) groups is 2. The molecular weight excluding hydrogens is 430 g/mol. The highest BCUT2D eigenvalue weighted by molar-refractivity contribution is 5.76. The lowest BCUT2D eigenvalue weighted by Gasteiger charge is -2.50. The zero-order valence-electron chi connectivity index (χ0n) is 19.7. The number of amides is 1. The van der Waals surface area contributed by atoms with Crippen molar-refractivity contribution in [2.24, 2.45) is 23.7 Å². The number of ether oxygens (including phenoxy) is 2. The minimum absolute atomic E-state index is 0.0116. The van der Waals surface area contributed by atoms with Crippen LogP contribution in [0.5, 0.6) is 0 Å². The second-order valence-corrected chi connectivity index (χ2v) is 9.48. The first-order valence-electron chi connectivity index (χ1n) is 12.3. The summed E-state index contributed by atoms with van der Waals surface area (Å²) >= 11 is 0. The molecule has 4 heterocycles. The topological polar surface area (TPSA) is 81.6 Å². The van der Waals surface area contributed by atoms with Gasteiger partial charge in [0.05, 0.1) is 18.2 Å². The van der Waals surface area contributed by atoms with E-state index in [1.807, 2.05) is 55.4 Å². The van der Waals surface area contributed by atoms with Gasteiger partial charge in [-0.2, -0.15) is 0 Å². The molecule has 0 spiro atoms. The molecule has 0 unspecified atom stereocenters. The maximum Gasteiger partial charge on any atom is 0.410 e. The van der Waals surface area contributed by atoms with Gasteiger partial charge in [0.25, 0.3) is 0 Å². The number of esters is 1. The maximum atomic E-state index is 12.7. The number of hydrogen-bond acceptors (Lipinski definition) is 6. The first kappa shape index (κ1) is 22.6. The van der Waals surface area contributed by atoms with E-state index in [0.29, 0.717) is 19.6 Å². The Kier molecular flexibility index (Phi) is 6.35. The molecule has 2 saturated heterocycles. The van der Waals surface area contributed by atoms with E-state index in [1.54, 1.807) is 6.20 Å². The molecule has 1 amide bonds. The summed E-state index contributed by atoms with van der Waals surface area (Å²) in [6.07, 6.45) is 11.9. The third kappa shape index (κ3) is 4.19. The molecule has 2 aliphatic heterocycles. The van der Waals surface area contributed by atoms with Gasteiger partial charge in [0, 0.05) is 48.2 Å². The van der Waals surface area contributed by atoms with Gasteiger partial charge in [0.2, 0.25) is 0 Å². The summed E-state index contributed by atoms with van der Waals surface area (Å²) in [4.78, 5) is 36.0. The van der Waals surface area contributed by atoms with E-state index in [9.17, 15) is 9.59 Å². The number of pyridine rings is 2. The normalized spacial score (nSPS) is 30.5. The van der Waals surface area contributed by atoms with E-state index in [1.165, 1.54) is 0 Å². The Hall–Kier alpha value is -3.22. The predicted octanol–water partition coefficient (Wildman–Crippen LogP) is 4.59. The number of likely N-dealkylation sites (tertiary alicyclic amines) is 1. The lowest BCUT2D eigenvalue weighted by molar-refractivity contribution is -0.144. The van der Waals surface area contributed by atoms with Crippen molar-refractivity contribution in [2.75, 3.05) is 13.2 Å². The highest BCUT2D eigenvalue weighted by atomic mass is 16.6. The zero-order chi connectivity index (χ0) is 23.7. The van der Waals surface area contributed by atoms with E-state index in [0.717, 1.165) is 29.7 Å². The molecule has 2 aromatic heterocycles. The van der Waals surface area contributed by atoms with Crippen molar-refractivity contribution in [3.63, 3.8) is 0 Å². The second-order valence-electron chi connectivity index (χ2n) is 9.48. The molecular formula is C27H31N3O4. The summed E-state index contributed by atoms with van der Waals surface area (Å²) in [5.41, 5.74) is 2.91. The van der Waals surface area contributed by atoms with Crippen LogP contribution in [0.2, 0.25) is 0 Å². The molecule has 1 aliphatic carbocycles. The number of allylic oxidation sites excluding steroid dienone is 1. The fraction of sp³-hybridized carbons (Fsp3) is 0.481. The molecule has 6 atom stereocenters. The van der Waals surface area contributed by atoms with Crippen LogP contribution in [0.3, 0.4) is 0 Å². The first-order chi connectivity index (χ1) is 16.6. The Bertz CT molecular complexity index is 1060. The van der Waals surface area contributed by atoms with E-state index in [-0.39, 0.29) is 47.9 Å². The quantitative estimate of drug-likeness (QED) is 0.620.